The third-order valence-electron chi connectivity index (χ3n) is 1.43. The van der Waals surface area contributed by atoms with Crippen molar-refractivity contribution in [1.82, 2.24) is 0 Å². The predicted molar refractivity (Wildman–Crippen MR) is 44.4 cm³/mol. The molecule has 0 rings (SSSR count). The monoisotopic (exact) mass is 208 g/mol. The Labute approximate surface area is 80.0 Å². The second-order valence-electron chi connectivity index (χ2n) is 2.53. The highest BCUT2D eigenvalue weighted by Crippen LogP contribution is 2.00. The molecular formula is C6H12N2O6. The first-order chi connectivity index (χ1) is 6.63. The van der Waals surface area contributed by atoms with Gasteiger partial charge in [-0.2, -0.15) is 0 Å². The molecule has 8 heteroatoms. The van der Waals surface area contributed by atoms with Crippen LogP contribution in [-0.4, -0.2) is 23.4 Å². The Morgan fingerprint density at radius 3 is 1.43 bits per heavy atom. The molecule has 0 N–H and O–H groups in total. The Kier molecular flexibility index (Phi) is 7.10. The first-order valence-electron chi connectivity index (χ1n) is 4.17. The molecule has 0 fully saturated rings. The van der Waals surface area contributed by atoms with Gasteiger partial charge in [0.05, 0.1) is 13.2 Å². The molecule has 0 unspecified atom stereocenters. The van der Waals surface area contributed by atoms with Gasteiger partial charge in [-0.15, -0.1) is 20.2 Å². The zero-order chi connectivity index (χ0) is 10.8. The fraction of sp³-hybridized carbons (Fsp3) is 1.00. The van der Waals surface area contributed by atoms with Crippen molar-refractivity contribution in [3.8, 4) is 0 Å². The molecular weight excluding hydrogens is 196 g/mol. The predicted octanol–water partition coefficient (Wildman–Crippen LogP) is 0.963. The highest BCUT2D eigenvalue weighted by Gasteiger charge is 1.96. The van der Waals surface area contributed by atoms with Crippen LogP contribution < -0.4 is 0 Å². The number of hydrogen-bond acceptors (Lipinski definition) is 6. The van der Waals surface area contributed by atoms with E-state index in [9.17, 15) is 20.2 Å². The molecule has 8 nitrogen and oxygen atoms in total. The van der Waals surface area contributed by atoms with E-state index in [-0.39, 0.29) is 13.2 Å². The Morgan fingerprint density at radius 2 is 1.14 bits per heavy atom. The van der Waals surface area contributed by atoms with E-state index in [4.69, 9.17) is 0 Å². The quantitative estimate of drug-likeness (QED) is 0.317. The minimum Gasteiger partial charge on any atom is -0.314 e. The van der Waals surface area contributed by atoms with Crippen molar-refractivity contribution in [2.45, 2.75) is 25.7 Å². The van der Waals surface area contributed by atoms with Gasteiger partial charge in [-0.25, -0.2) is 0 Å². The number of nitrogens with zero attached hydrogens (tertiary/aromatic N) is 2. The molecule has 0 aliphatic rings. The lowest BCUT2D eigenvalue weighted by atomic mass is 10.2. The smallest absolute Gasteiger partial charge is 0.294 e. The minimum atomic E-state index is -0.837. The Hall–Kier alpha value is -1.60. The van der Waals surface area contributed by atoms with E-state index in [2.05, 4.69) is 9.68 Å². The van der Waals surface area contributed by atoms with Crippen LogP contribution in [0.4, 0.5) is 0 Å². The van der Waals surface area contributed by atoms with Gasteiger partial charge in [0.25, 0.3) is 10.2 Å². The number of unbranched alkanes of at least 4 members (excludes halogenated alkanes) is 3. The van der Waals surface area contributed by atoms with Gasteiger partial charge in [0.2, 0.25) is 0 Å². The first-order valence-corrected chi connectivity index (χ1v) is 4.17. The van der Waals surface area contributed by atoms with E-state index in [1.807, 2.05) is 0 Å². The summed E-state index contributed by atoms with van der Waals surface area (Å²) in [4.78, 5) is 27.5. The van der Waals surface area contributed by atoms with Crippen LogP contribution in [0.15, 0.2) is 0 Å². The maximum Gasteiger partial charge on any atom is 0.294 e. The molecule has 0 atom stereocenters. The number of hydrogen-bond donors (Lipinski definition) is 0. The fourth-order valence-electron chi connectivity index (χ4n) is 0.836. The van der Waals surface area contributed by atoms with Crippen molar-refractivity contribution in [1.29, 1.82) is 0 Å². The molecule has 14 heavy (non-hydrogen) atoms. The summed E-state index contributed by atoms with van der Waals surface area (Å²) < 4.78 is 0. The molecule has 0 aromatic heterocycles. The van der Waals surface area contributed by atoms with Gasteiger partial charge in [0, 0.05) is 0 Å². The summed E-state index contributed by atoms with van der Waals surface area (Å²) in [7, 11) is 0. The average Bonchev–Trinajstić information content (AvgIpc) is 2.08. The van der Waals surface area contributed by atoms with Crippen molar-refractivity contribution >= 4 is 0 Å². The first kappa shape index (κ1) is 12.4. The summed E-state index contributed by atoms with van der Waals surface area (Å²) in [6.07, 6.45) is 2.60. The van der Waals surface area contributed by atoms with Crippen molar-refractivity contribution in [3.05, 3.63) is 20.2 Å². The summed E-state index contributed by atoms with van der Waals surface area (Å²) in [6, 6.07) is 0. The molecule has 0 saturated heterocycles. The highest BCUT2D eigenvalue weighted by molar-refractivity contribution is 4.40. The fourth-order valence-corrected chi connectivity index (χ4v) is 0.836. The average molecular weight is 208 g/mol. The van der Waals surface area contributed by atoms with Gasteiger partial charge >= 0.3 is 0 Å². The summed E-state index contributed by atoms with van der Waals surface area (Å²) in [5.41, 5.74) is 0. The lowest BCUT2D eigenvalue weighted by molar-refractivity contribution is -0.758. The van der Waals surface area contributed by atoms with Gasteiger partial charge < -0.3 is 9.68 Å². The van der Waals surface area contributed by atoms with E-state index in [1.54, 1.807) is 0 Å². The van der Waals surface area contributed by atoms with Crippen LogP contribution in [0.3, 0.4) is 0 Å². The van der Waals surface area contributed by atoms with Gasteiger partial charge in [-0.3, -0.25) is 0 Å². The van der Waals surface area contributed by atoms with Crippen LogP contribution in [-0.2, 0) is 9.68 Å². The molecule has 0 aromatic rings. The Morgan fingerprint density at radius 1 is 0.786 bits per heavy atom. The molecule has 0 radical (unpaired) electrons. The zero-order valence-electron chi connectivity index (χ0n) is 7.59. The van der Waals surface area contributed by atoms with E-state index >= 15 is 0 Å². The summed E-state index contributed by atoms with van der Waals surface area (Å²) in [5, 5.41) is 17.7. The topological polar surface area (TPSA) is 105 Å². The van der Waals surface area contributed by atoms with Crippen LogP contribution in [0.1, 0.15) is 25.7 Å². The van der Waals surface area contributed by atoms with Crippen LogP contribution in [0.2, 0.25) is 0 Å². The number of rotatable bonds is 9. The summed E-state index contributed by atoms with van der Waals surface area (Å²) in [5.74, 6) is 0. The lowest BCUT2D eigenvalue weighted by Gasteiger charge is -1.99. The SMILES string of the molecule is O=[N+]([O-])OCCCCCCO[N+](=O)[O-]. The molecule has 0 heterocycles. The molecule has 0 bridgehead atoms. The van der Waals surface area contributed by atoms with Crippen LogP contribution in [0, 0.1) is 20.2 Å². The van der Waals surface area contributed by atoms with E-state index in [0.717, 1.165) is 12.8 Å². The van der Waals surface area contributed by atoms with Gasteiger partial charge in [-0.05, 0) is 12.8 Å². The molecule has 0 aliphatic heterocycles. The van der Waals surface area contributed by atoms with Crippen molar-refractivity contribution < 1.29 is 19.8 Å². The highest BCUT2D eigenvalue weighted by atomic mass is 17.0. The summed E-state index contributed by atoms with van der Waals surface area (Å²) >= 11 is 0. The van der Waals surface area contributed by atoms with Crippen molar-refractivity contribution in [2.75, 3.05) is 13.2 Å². The van der Waals surface area contributed by atoms with Gasteiger partial charge in [0.1, 0.15) is 0 Å². The third-order valence-corrected chi connectivity index (χ3v) is 1.43. The van der Waals surface area contributed by atoms with E-state index in [1.165, 1.54) is 0 Å². The second-order valence-corrected chi connectivity index (χ2v) is 2.53. The third kappa shape index (κ3) is 10.4. The Balaban J connectivity index is 2.99. The van der Waals surface area contributed by atoms with Gasteiger partial charge in [0.15, 0.2) is 0 Å². The Bertz CT molecular complexity index is 165. The van der Waals surface area contributed by atoms with E-state index in [0.29, 0.717) is 12.8 Å². The molecule has 0 saturated carbocycles. The minimum absolute atomic E-state index is 0.0725. The second kappa shape index (κ2) is 8.02. The van der Waals surface area contributed by atoms with Crippen molar-refractivity contribution in [3.63, 3.8) is 0 Å². The largest absolute Gasteiger partial charge is 0.314 e. The molecule has 0 aromatic carbocycles. The molecule has 0 aliphatic carbocycles. The maximum absolute atomic E-state index is 9.70. The molecule has 82 valence electrons. The molecule has 0 amide bonds. The lowest BCUT2D eigenvalue weighted by Crippen LogP contribution is -2.03. The van der Waals surface area contributed by atoms with Crippen molar-refractivity contribution in [2.24, 2.45) is 0 Å². The van der Waals surface area contributed by atoms with E-state index < -0.39 is 10.2 Å². The van der Waals surface area contributed by atoms with Gasteiger partial charge in [-0.1, -0.05) is 12.8 Å². The summed E-state index contributed by atoms with van der Waals surface area (Å²) in [6.45, 7) is 0.145. The normalized spacial score (nSPS) is 9.43. The standard InChI is InChI=1S/C6H12N2O6/c9-7(10)13-5-3-1-2-4-6-14-8(11)12/h1-6H2. The van der Waals surface area contributed by atoms with Crippen LogP contribution in [0.5, 0.6) is 0 Å². The zero-order valence-corrected chi connectivity index (χ0v) is 7.59. The molecule has 0 spiro atoms. The maximum atomic E-state index is 9.70. The van der Waals surface area contributed by atoms with Crippen LogP contribution >= 0.6 is 0 Å². The van der Waals surface area contributed by atoms with Crippen LogP contribution in [0.25, 0.3) is 0 Å².